The van der Waals surface area contributed by atoms with Crippen LogP contribution in [0.4, 0.5) is 0 Å². The average molecular weight is 1220 g/mol. The van der Waals surface area contributed by atoms with Crippen molar-refractivity contribution in [1.29, 1.82) is 0 Å². The van der Waals surface area contributed by atoms with E-state index in [9.17, 15) is 0 Å². The van der Waals surface area contributed by atoms with Gasteiger partial charge in [-0.1, -0.05) is 290 Å². The zero-order valence-electron chi connectivity index (χ0n) is 50.9. The first kappa shape index (κ1) is 56.6. The number of hydrogen-bond donors (Lipinski definition) is 0. The van der Waals surface area contributed by atoms with E-state index in [1.54, 1.807) is 0 Å². The minimum Gasteiger partial charge on any atom is -0.449 e. The van der Waals surface area contributed by atoms with Crippen molar-refractivity contribution in [1.82, 2.24) is 0 Å². The second kappa shape index (κ2) is 21.1. The summed E-state index contributed by atoms with van der Waals surface area (Å²) in [5, 5.41) is 2.69. The van der Waals surface area contributed by atoms with Gasteiger partial charge >= 0.3 is 18.9 Å². The first-order valence-electron chi connectivity index (χ1n) is 31.0. The van der Waals surface area contributed by atoms with E-state index < -0.39 is 16.6 Å². The predicted molar refractivity (Wildman–Crippen MR) is 372 cm³/mol. The molecule has 0 aromatic heterocycles. The maximum atomic E-state index is 7.73. The number of halogens is 1. The molecule has 0 fully saturated rings. The minimum absolute atomic E-state index is 0. The molecule has 0 atom stereocenters. The summed E-state index contributed by atoms with van der Waals surface area (Å²) in [4.78, 5) is 0. The Balaban J connectivity index is 0.000000174. The van der Waals surface area contributed by atoms with E-state index in [2.05, 4.69) is 329 Å². The van der Waals surface area contributed by atoms with Crippen LogP contribution in [0.5, 0.6) is 0 Å². The van der Waals surface area contributed by atoms with Crippen molar-refractivity contribution in [2.75, 3.05) is 0 Å². The molecule has 0 heterocycles. The third kappa shape index (κ3) is 7.73. The molecule has 12 aromatic carbocycles. The third-order valence-corrected chi connectivity index (χ3v) is 28.2. The van der Waals surface area contributed by atoms with Crippen LogP contribution in [-0.2, 0) is 20.4 Å². The normalized spacial score (nSPS) is 14.6. The molecule has 0 saturated carbocycles. The zero-order chi connectivity index (χ0) is 59.0. The Hall–Kier alpha value is -7.89. The fourth-order valence-electron chi connectivity index (χ4n) is 16.8. The molecule has 0 N–H and O–H groups in total. The molecule has 0 bridgehead atoms. The molecule has 0 saturated heterocycles. The molecule has 0 amide bonds. The van der Waals surface area contributed by atoms with E-state index in [1.165, 1.54) is 150 Å². The Bertz CT molecular complexity index is 4420. The van der Waals surface area contributed by atoms with Crippen molar-refractivity contribution >= 4 is 42.9 Å². The molecule has 6 aliphatic rings. The van der Waals surface area contributed by atoms with Gasteiger partial charge in [-0.15, -0.1) is 0 Å². The Kier molecular flexibility index (Phi) is 13.6. The molecular weight excluding hydrogens is 1160 g/mol. The van der Waals surface area contributed by atoms with Gasteiger partial charge in [-0.05, 0) is 182 Å². The predicted octanol–water partition coefficient (Wildman–Crippen LogP) is 17.3. The van der Waals surface area contributed by atoms with Crippen LogP contribution in [0.15, 0.2) is 277 Å². The molecule has 420 valence electrons. The summed E-state index contributed by atoms with van der Waals surface area (Å²) in [6, 6.07) is 103. The Labute approximate surface area is 541 Å². The number of benzene rings is 12. The smallest absolute Gasteiger partial charge is 0.449 e. The topological polar surface area (TPSA) is 9.23 Å². The quantitative estimate of drug-likeness (QED) is 0.123. The molecular formula is C83H66BrLiOSi2. The van der Waals surface area contributed by atoms with Gasteiger partial charge in [-0.25, -0.2) is 0 Å². The second-order valence-corrected chi connectivity index (χ2v) is 34.3. The number of rotatable bonds is 5. The van der Waals surface area contributed by atoms with E-state index in [0.717, 1.165) is 10.9 Å². The molecule has 3 spiro atoms. The van der Waals surface area contributed by atoms with Crippen LogP contribution in [0.2, 0.25) is 26.2 Å². The van der Waals surface area contributed by atoms with Crippen LogP contribution in [0.1, 0.15) is 86.5 Å². The van der Waals surface area contributed by atoms with E-state index in [1.807, 2.05) is 0 Å². The zero-order valence-corrected chi connectivity index (χ0v) is 54.5. The Morgan fingerprint density at radius 1 is 0.295 bits per heavy atom. The summed E-state index contributed by atoms with van der Waals surface area (Å²) in [5.74, 6) is 0. The minimum atomic E-state index is -2.48. The molecule has 5 heteroatoms. The van der Waals surface area contributed by atoms with E-state index in [0.29, 0.717) is 0 Å². The third-order valence-electron chi connectivity index (χ3n) is 20.2. The van der Waals surface area contributed by atoms with Gasteiger partial charge in [-0.3, -0.25) is 0 Å². The van der Waals surface area contributed by atoms with Crippen LogP contribution < -0.4 is 29.2 Å². The van der Waals surface area contributed by atoms with Crippen LogP contribution in [-0.4, -0.2) is 16.6 Å². The van der Waals surface area contributed by atoms with Crippen molar-refractivity contribution in [2.24, 2.45) is 0 Å². The van der Waals surface area contributed by atoms with Gasteiger partial charge in [0.25, 0.3) is 0 Å². The fraction of sp³-hybridized carbons (Fsp3) is 0.120. The largest absolute Gasteiger partial charge is 1.00 e. The van der Waals surface area contributed by atoms with Crippen molar-refractivity contribution in [3.63, 3.8) is 0 Å². The maximum Gasteiger partial charge on any atom is 1.00 e. The average Bonchev–Trinajstić information content (AvgIpc) is 1.55. The molecule has 12 aromatic rings. The van der Waals surface area contributed by atoms with E-state index in [-0.39, 0.29) is 35.1 Å². The molecule has 1 nitrogen and oxygen atoms in total. The second-order valence-electron chi connectivity index (χ2n) is 25.3. The van der Waals surface area contributed by atoms with Gasteiger partial charge in [0.15, 0.2) is 0 Å². The van der Waals surface area contributed by atoms with Gasteiger partial charge < -0.3 is 11.0 Å². The standard InChI is InChI=1S/C54H42OSi2.C25H15Br.C4H9.Li/c1-56(2,35-29-31-43-41-21-9-15-27-49(41)53(51(43)33-35)45-23-11-5-17-37(45)38-18-6-12-24-46(38)53)55-57(3,4)36-30-32-44-42-22-10-16-28-50(42)54(52(44)34-36)47-25-13-7-19-39(47)40-20-8-14-26-48(40)54;26-16-13-14-20-19-9-3-6-12-23(19)25(24(20)15-16)21-10-4-1-7-17(21)18-8-2-5-11-22(18)25;1-3-4-2;/h5-34H,1-4H3;1-15H;1,3-4H2,2H3;/q;;-1;+1. The molecule has 0 radical (unpaired) electrons. The van der Waals surface area contributed by atoms with Crippen molar-refractivity contribution < 1.29 is 23.0 Å². The van der Waals surface area contributed by atoms with E-state index >= 15 is 0 Å². The van der Waals surface area contributed by atoms with Crippen LogP contribution in [0.25, 0.3) is 66.8 Å². The summed E-state index contributed by atoms with van der Waals surface area (Å²) in [6.45, 7) is 15.4. The van der Waals surface area contributed by atoms with Crippen LogP contribution >= 0.6 is 15.9 Å². The van der Waals surface area contributed by atoms with Gasteiger partial charge in [0.05, 0.1) is 16.2 Å². The molecule has 88 heavy (non-hydrogen) atoms. The number of unbranched alkanes of at least 4 members (excludes halogenated alkanes) is 1. The monoisotopic (exact) mass is 1220 g/mol. The van der Waals surface area contributed by atoms with Gasteiger partial charge in [-0.2, -0.15) is 6.42 Å². The Morgan fingerprint density at radius 2 is 0.489 bits per heavy atom. The summed E-state index contributed by atoms with van der Waals surface area (Å²) < 4.78 is 8.86. The van der Waals surface area contributed by atoms with Gasteiger partial charge in [0.2, 0.25) is 16.6 Å². The van der Waals surface area contributed by atoms with Crippen LogP contribution in [0.3, 0.4) is 0 Å². The first-order valence-corrected chi connectivity index (χ1v) is 37.6. The first-order chi connectivity index (χ1) is 42.5. The van der Waals surface area contributed by atoms with Crippen LogP contribution in [0, 0.1) is 6.92 Å². The fourth-order valence-corrected chi connectivity index (χ4v) is 25.1. The summed E-state index contributed by atoms with van der Waals surface area (Å²) in [5.41, 5.74) is 31.8. The Morgan fingerprint density at radius 3 is 0.716 bits per heavy atom. The summed E-state index contributed by atoms with van der Waals surface area (Å²) >= 11 is 3.72. The number of hydrogen-bond acceptors (Lipinski definition) is 1. The van der Waals surface area contributed by atoms with Crippen molar-refractivity contribution in [3.8, 4) is 66.8 Å². The maximum absolute atomic E-state index is 7.73. The molecule has 0 unspecified atom stereocenters. The van der Waals surface area contributed by atoms with Crippen molar-refractivity contribution in [2.45, 2.75) is 62.2 Å². The van der Waals surface area contributed by atoms with Gasteiger partial charge in [0, 0.05) is 4.47 Å². The molecule has 0 aliphatic heterocycles. The SMILES string of the molecule is Brc1ccc2c(c1)C1(c3ccccc3-c3ccccc31)c1ccccc1-2.C[Si](C)(O[Si](C)(C)c1ccc2c(c1)C1(c3ccccc3-c3ccccc31)c1ccccc1-2)c1ccc2c(c1)C1(c3ccccc3-c3ccccc31)c1ccccc1-2.[CH2-]CCC.[Li+]. The number of fused-ring (bicyclic) bond motifs is 30. The summed E-state index contributed by atoms with van der Waals surface area (Å²) in [6.07, 6.45) is 2.28. The molecule has 6 aliphatic carbocycles. The molecule has 18 rings (SSSR count). The van der Waals surface area contributed by atoms with Crippen molar-refractivity contribution in [3.05, 3.63) is 351 Å². The van der Waals surface area contributed by atoms with E-state index in [4.69, 9.17) is 4.12 Å². The summed E-state index contributed by atoms with van der Waals surface area (Å²) in [7, 11) is -4.95. The van der Waals surface area contributed by atoms with Gasteiger partial charge in [0.1, 0.15) is 0 Å².